The van der Waals surface area contributed by atoms with E-state index in [1.807, 2.05) is 49.4 Å². The first-order chi connectivity index (χ1) is 16.5. The zero-order valence-corrected chi connectivity index (χ0v) is 19.3. The van der Waals surface area contributed by atoms with Crippen LogP contribution in [-0.2, 0) is 11.3 Å². The van der Waals surface area contributed by atoms with E-state index in [1.54, 1.807) is 29.0 Å². The molecule has 3 aromatic rings. The number of furan rings is 1. The lowest BCUT2D eigenvalue weighted by Gasteiger charge is -2.35. The van der Waals surface area contributed by atoms with Gasteiger partial charge in [-0.3, -0.25) is 14.5 Å². The monoisotopic (exact) mass is 461 g/mol. The summed E-state index contributed by atoms with van der Waals surface area (Å²) in [7, 11) is 1.65. The molecule has 5 rings (SSSR count). The van der Waals surface area contributed by atoms with E-state index in [0.717, 1.165) is 30.1 Å². The van der Waals surface area contributed by atoms with Crippen LogP contribution in [0.2, 0.25) is 0 Å². The Morgan fingerprint density at radius 2 is 1.76 bits per heavy atom. The van der Waals surface area contributed by atoms with E-state index >= 15 is 0 Å². The van der Waals surface area contributed by atoms with Gasteiger partial charge in [-0.15, -0.1) is 0 Å². The summed E-state index contributed by atoms with van der Waals surface area (Å²) in [6.45, 7) is 4.91. The van der Waals surface area contributed by atoms with Gasteiger partial charge in [0.05, 0.1) is 19.3 Å². The van der Waals surface area contributed by atoms with E-state index in [0.29, 0.717) is 30.3 Å². The van der Waals surface area contributed by atoms with Crippen LogP contribution in [0.5, 0.6) is 11.5 Å². The minimum Gasteiger partial charge on any atom is -0.497 e. The Bertz CT molecular complexity index is 1200. The van der Waals surface area contributed by atoms with E-state index in [1.165, 1.54) is 0 Å². The third kappa shape index (κ3) is 4.31. The fourth-order valence-electron chi connectivity index (χ4n) is 4.34. The van der Waals surface area contributed by atoms with Crippen molar-refractivity contribution < 1.29 is 23.5 Å². The van der Waals surface area contributed by atoms with Crippen LogP contribution in [0.1, 0.15) is 21.9 Å². The number of nitrogens with zero attached hydrogens (tertiary/aromatic N) is 3. The number of piperazine rings is 1. The smallest absolute Gasteiger partial charge is 0.289 e. The van der Waals surface area contributed by atoms with Gasteiger partial charge in [-0.05, 0) is 61.0 Å². The molecule has 0 N–H and O–H groups in total. The Labute approximate surface area is 198 Å². The summed E-state index contributed by atoms with van der Waals surface area (Å²) in [4.78, 5) is 31.2. The number of methoxy groups -OCH3 is 1. The fraction of sp³-hybridized carbons (Fsp3) is 0.308. The predicted octanol–water partition coefficient (Wildman–Crippen LogP) is 3.48. The van der Waals surface area contributed by atoms with Gasteiger partial charge < -0.3 is 23.7 Å². The van der Waals surface area contributed by atoms with Crippen LogP contribution in [0, 0.1) is 6.92 Å². The highest BCUT2D eigenvalue weighted by atomic mass is 16.5. The van der Waals surface area contributed by atoms with Crippen LogP contribution in [0.25, 0.3) is 0 Å². The topological polar surface area (TPSA) is 75.5 Å². The van der Waals surface area contributed by atoms with Gasteiger partial charge in [-0.1, -0.05) is 6.07 Å². The van der Waals surface area contributed by atoms with Gasteiger partial charge in [0.2, 0.25) is 0 Å². The van der Waals surface area contributed by atoms with Gasteiger partial charge in [0, 0.05) is 31.9 Å². The minimum absolute atomic E-state index is 0.0125. The van der Waals surface area contributed by atoms with Crippen molar-refractivity contribution in [2.45, 2.75) is 13.5 Å². The van der Waals surface area contributed by atoms with E-state index in [2.05, 4.69) is 4.90 Å². The Morgan fingerprint density at radius 1 is 1.00 bits per heavy atom. The van der Waals surface area contributed by atoms with Crippen molar-refractivity contribution in [3.05, 3.63) is 71.7 Å². The minimum atomic E-state index is -0.143. The second-order valence-corrected chi connectivity index (χ2v) is 8.48. The fourth-order valence-corrected chi connectivity index (χ4v) is 4.34. The normalized spacial score (nSPS) is 15.7. The molecule has 0 atom stereocenters. The lowest BCUT2D eigenvalue weighted by atomic mass is 10.1. The third-order valence-electron chi connectivity index (χ3n) is 6.25. The number of amides is 2. The number of aryl methyl sites for hydroxylation is 1. The quantitative estimate of drug-likeness (QED) is 0.579. The van der Waals surface area contributed by atoms with Crippen LogP contribution >= 0.6 is 0 Å². The molecule has 8 heteroatoms. The van der Waals surface area contributed by atoms with Crippen molar-refractivity contribution in [3.63, 3.8) is 0 Å². The van der Waals surface area contributed by atoms with Gasteiger partial charge in [-0.2, -0.15) is 0 Å². The molecule has 2 aliphatic heterocycles. The molecule has 1 fully saturated rings. The van der Waals surface area contributed by atoms with Gasteiger partial charge >= 0.3 is 0 Å². The molecule has 0 spiro atoms. The van der Waals surface area contributed by atoms with Crippen molar-refractivity contribution in [1.29, 1.82) is 0 Å². The van der Waals surface area contributed by atoms with E-state index in [4.69, 9.17) is 13.9 Å². The second kappa shape index (κ2) is 9.13. The summed E-state index contributed by atoms with van der Waals surface area (Å²) < 4.78 is 16.7. The largest absolute Gasteiger partial charge is 0.497 e. The molecule has 0 radical (unpaired) electrons. The first-order valence-corrected chi connectivity index (χ1v) is 11.3. The molecule has 1 saturated heterocycles. The number of fused-ring (bicyclic) bond motifs is 1. The average molecular weight is 462 g/mol. The molecule has 2 aromatic carbocycles. The lowest BCUT2D eigenvalue weighted by Crippen LogP contribution is -2.48. The summed E-state index contributed by atoms with van der Waals surface area (Å²) in [5.74, 6) is 2.07. The SMILES string of the molecule is COc1ccc(N2CCN(C(=O)c3ccc(CN4C(=O)COc5cc(C)ccc54)o3)CC2)cc1. The molecule has 8 nitrogen and oxygen atoms in total. The van der Waals surface area contributed by atoms with Crippen molar-refractivity contribution in [2.75, 3.05) is 49.7 Å². The maximum Gasteiger partial charge on any atom is 0.289 e. The van der Waals surface area contributed by atoms with E-state index in [9.17, 15) is 9.59 Å². The van der Waals surface area contributed by atoms with E-state index < -0.39 is 0 Å². The molecule has 176 valence electrons. The number of carbonyl (C=O) groups excluding carboxylic acids is 2. The molecule has 34 heavy (non-hydrogen) atoms. The summed E-state index contributed by atoms with van der Waals surface area (Å²) in [6.07, 6.45) is 0. The van der Waals surface area contributed by atoms with Crippen LogP contribution in [-0.4, -0.2) is 56.6 Å². The Hall–Kier alpha value is -3.94. The van der Waals surface area contributed by atoms with Crippen molar-refractivity contribution in [1.82, 2.24) is 4.90 Å². The maximum atomic E-state index is 13.0. The first kappa shape index (κ1) is 21.9. The molecular formula is C26H27N3O5. The number of benzene rings is 2. The molecule has 3 heterocycles. The van der Waals surface area contributed by atoms with Crippen LogP contribution in [0.4, 0.5) is 11.4 Å². The summed E-state index contributed by atoms with van der Waals surface area (Å²) in [6, 6.07) is 17.1. The van der Waals surface area contributed by atoms with E-state index in [-0.39, 0.29) is 30.7 Å². The number of anilines is 2. The van der Waals surface area contributed by atoms with Gasteiger partial charge in [0.25, 0.3) is 11.8 Å². The van der Waals surface area contributed by atoms with Crippen molar-refractivity contribution >= 4 is 23.2 Å². The molecule has 0 aliphatic carbocycles. The highest BCUT2D eigenvalue weighted by Gasteiger charge is 2.28. The molecule has 2 amide bonds. The van der Waals surface area contributed by atoms with Crippen LogP contribution < -0.4 is 19.3 Å². The molecule has 0 unspecified atom stereocenters. The Balaban J connectivity index is 1.22. The zero-order valence-electron chi connectivity index (χ0n) is 19.3. The van der Waals surface area contributed by atoms with Gasteiger partial charge in [0.15, 0.2) is 12.4 Å². The number of hydrogen-bond donors (Lipinski definition) is 0. The first-order valence-electron chi connectivity index (χ1n) is 11.3. The number of rotatable bonds is 5. The molecular weight excluding hydrogens is 434 g/mol. The van der Waals surface area contributed by atoms with Crippen LogP contribution in [0.15, 0.2) is 59.0 Å². The summed E-state index contributed by atoms with van der Waals surface area (Å²) in [5, 5.41) is 0. The molecule has 1 aromatic heterocycles. The summed E-state index contributed by atoms with van der Waals surface area (Å²) >= 11 is 0. The number of carbonyl (C=O) groups is 2. The highest BCUT2D eigenvalue weighted by molar-refractivity contribution is 5.97. The Kier molecular flexibility index (Phi) is 5.88. The summed E-state index contributed by atoms with van der Waals surface area (Å²) in [5.41, 5.74) is 2.88. The molecule has 0 saturated carbocycles. The van der Waals surface area contributed by atoms with Gasteiger partial charge in [-0.25, -0.2) is 0 Å². The second-order valence-electron chi connectivity index (χ2n) is 8.48. The third-order valence-corrected chi connectivity index (χ3v) is 6.25. The Morgan fingerprint density at radius 3 is 2.50 bits per heavy atom. The van der Waals surface area contributed by atoms with Gasteiger partial charge in [0.1, 0.15) is 17.3 Å². The lowest BCUT2D eigenvalue weighted by molar-refractivity contribution is -0.121. The van der Waals surface area contributed by atoms with Crippen molar-refractivity contribution in [3.8, 4) is 11.5 Å². The average Bonchev–Trinajstić information content (AvgIpc) is 3.34. The van der Waals surface area contributed by atoms with Crippen LogP contribution in [0.3, 0.4) is 0 Å². The highest BCUT2D eigenvalue weighted by Crippen LogP contribution is 2.34. The number of hydrogen-bond acceptors (Lipinski definition) is 6. The molecule has 2 aliphatic rings. The zero-order chi connectivity index (χ0) is 23.7. The van der Waals surface area contributed by atoms with Crippen molar-refractivity contribution in [2.24, 2.45) is 0 Å². The number of ether oxygens (including phenoxy) is 2. The predicted molar refractivity (Wildman–Crippen MR) is 128 cm³/mol. The molecule has 0 bridgehead atoms. The standard InChI is InChI=1S/C26H27N3O5/c1-18-3-9-22-24(15-18)33-17-25(30)29(22)16-21-8-10-23(34-21)26(31)28-13-11-27(12-14-28)19-4-6-20(32-2)7-5-19/h3-10,15H,11-14,16-17H2,1-2H3. The maximum absolute atomic E-state index is 13.0.